The summed E-state index contributed by atoms with van der Waals surface area (Å²) in [5.74, 6) is 0.685. The molecule has 2 unspecified atom stereocenters. The van der Waals surface area contributed by atoms with Crippen LogP contribution in [0.1, 0.15) is 42.4 Å². The highest BCUT2D eigenvalue weighted by atomic mass is 15.1. The molecule has 2 rings (SSSR count). The summed E-state index contributed by atoms with van der Waals surface area (Å²) in [5.41, 5.74) is 10.1. The monoisotopic (exact) mass is 260 g/mol. The number of nitrogens with two attached hydrogens (primary N) is 1. The third-order valence-corrected chi connectivity index (χ3v) is 4.74. The molecule has 1 fully saturated rings. The molecule has 0 spiro atoms. The van der Waals surface area contributed by atoms with Gasteiger partial charge in [-0.25, -0.2) is 0 Å². The first-order valence-electron chi connectivity index (χ1n) is 7.58. The summed E-state index contributed by atoms with van der Waals surface area (Å²) < 4.78 is 0. The highest BCUT2D eigenvalue weighted by Gasteiger charge is 2.27. The molecule has 1 aromatic carbocycles. The van der Waals surface area contributed by atoms with E-state index in [2.05, 4.69) is 44.0 Å². The number of benzene rings is 1. The Bertz CT molecular complexity index is 414. The maximum atomic E-state index is 5.94. The number of rotatable bonds is 4. The predicted molar refractivity (Wildman–Crippen MR) is 82.2 cm³/mol. The lowest BCUT2D eigenvalue weighted by Gasteiger charge is -2.37. The van der Waals surface area contributed by atoms with E-state index in [9.17, 15) is 0 Å². The molecular weight excluding hydrogens is 232 g/mol. The van der Waals surface area contributed by atoms with Gasteiger partial charge in [0, 0.05) is 12.6 Å². The Balaban J connectivity index is 2.02. The Labute approximate surface area is 118 Å². The molecule has 2 nitrogen and oxygen atoms in total. The van der Waals surface area contributed by atoms with Crippen molar-refractivity contribution in [1.82, 2.24) is 4.90 Å². The summed E-state index contributed by atoms with van der Waals surface area (Å²) in [6, 6.07) is 7.49. The Morgan fingerprint density at radius 3 is 2.58 bits per heavy atom. The van der Waals surface area contributed by atoms with Crippen LogP contribution in [0, 0.1) is 19.8 Å². The first kappa shape index (κ1) is 14.5. The van der Waals surface area contributed by atoms with E-state index in [4.69, 9.17) is 5.73 Å². The third-order valence-electron chi connectivity index (χ3n) is 4.74. The molecule has 0 radical (unpaired) electrons. The van der Waals surface area contributed by atoms with E-state index in [1.807, 2.05) is 0 Å². The van der Waals surface area contributed by atoms with Crippen LogP contribution in [0.25, 0.3) is 0 Å². The molecule has 1 aliphatic rings. The molecule has 2 atom stereocenters. The van der Waals surface area contributed by atoms with E-state index in [0.29, 0.717) is 12.0 Å². The molecule has 19 heavy (non-hydrogen) atoms. The minimum atomic E-state index is 0.667. The first-order chi connectivity index (χ1) is 9.11. The standard InChI is InChI=1S/C17H28N2/c1-13-8-9-15(10-14(13)2)12-19(3)17-7-5-4-6-16(17)11-18/h8-10,16-17H,4-7,11-12,18H2,1-3H3. The molecule has 1 saturated carbocycles. The van der Waals surface area contributed by atoms with Crippen LogP contribution in [0.4, 0.5) is 0 Å². The summed E-state index contributed by atoms with van der Waals surface area (Å²) in [5, 5.41) is 0. The second kappa shape index (κ2) is 6.53. The first-order valence-corrected chi connectivity index (χ1v) is 7.58. The van der Waals surface area contributed by atoms with Crippen molar-refractivity contribution >= 4 is 0 Å². The molecule has 0 heterocycles. The van der Waals surface area contributed by atoms with Gasteiger partial charge in [-0.2, -0.15) is 0 Å². The summed E-state index contributed by atoms with van der Waals surface area (Å²) >= 11 is 0. The zero-order valence-electron chi connectivity index (χ0n) is 12.7. The lowest BCUT2D eigenvalue weighted by molar-refractivity contribution is 0.127. The Morgan fingerprint density at radius 1 is 1.16 bits per heavy atom. The fourth-order valence-corrected chi connectivity index (χ4v) is 3.35. The van der Waals surface area contributed by atoms with Crippen LogP contribution in [0.3, 0.4) is 0 Å². The molecule has 0 aromatic heterocycles. The zero-order chi connectivity index (χ0) is 13.8. The maximum absolute atomic E-state index is 5.94. The van der Waals surface area contributed by atoms with Gasteiger partial charge in [-0.1, -0.05) is 31.0 Å². The van der Waals surface area contributed by atoms with Crippen molar-refractivity contribution in [3.63, 3.8) is 0 Å². The Morgan fingerprint density at radius 2 is 1.89 bits per heavy atom. The molecule has 106 valence electrons. The fraction of sp³-hybridized carbons (Fsp3) is 0.647. The van der Waals surface area contributed by atoms with Crippen LogP contribution in [0.15, 0.2) is 18.2 Å². The van der Waals surface area contributed by atoms with E-state index in [0.717, 1.165) is 13.1 Å². The van der Waals surface area contributed by atoms with Crippen molar-refractivity contribution in [1.29, 1.82) is 0 Å². The normalized spacial score (nSPS) is 23.8. The lowest BCUT2D eigenvalue weighted by Crippen LogP contribution is -2.42. The topological polar surface area (TPSA) is 29.3 Å². The molecule has 1 aromatic rings. The quantitative estimate of drug-likeness (QED) is 0.900. The molecule has 1 aliphatic carbocycles. The van der Waals surface area contributed by atoms with Crippen LogP contribution >= 0.6 is 0 Å². The molecule has 0 amide bonds. The van der Waals surface area contributed by atoms with Crippen molar-refractivity contribution < 1.29 is 0 Å². The SMILES string of the molecule is Cc1ccc(CN(C)C2CCCCC2CN)cc1C. The largest absolute Gasteiger partial charge is 0.330 e. The van der Waals surface area contributed by atoms with Crippen LogP contribution in [0.2, 0.25) is 0 Å². The van der Waals surface area contributed by atoms with Gasteiger partial charge in [-0.05, 0) is 62.9 Å². The van der Waals surface area contributed by atoms with Crippen molar-refractivity contribution in [3.05, 3.63) is 34.9 Å². The minimum Gasteiger partial charge on any atom is -0.330 e. The van der Waals surface area contributed by atoms with Gasteiger partial charge in [0.05, 0.1) is 0 Å². The van der Waals surface area contributed by atoms with Crippen molar-refractivity contribution in [2.45, 2.75) is 52.1 Å². The van der Waals surface area contributed by atoms with Crippen LogP contribution < -0.4 is 5.73 Å². The molecule has 0 saturated heterocycles. The van der Waals surface area contributed by atoms with Crippen LogP contribution in [0.5, 0.6) is 0 Å². The van der Waals surface area contributed by atoms with E-state index in [1.54, 1.807) is 0 Å². The van der Waals surface area contributed by atoms with E-state index in [-0.39, 0.29) is 0 Å². The second-order valence-corrected chi connectivity index (χ2v) is 6.18. The van der Waals surface area contributed by atoms with E-state index < -0.39 is 0 Å². The third kappa shape index (κ3) is 3.58. The predicted octanol–water partition coefficient (Wildman–Crippen LogP) is 3.25. The van der Waals surface area contributed by atoms with Gasteiger partial charge in [0.2, 0.25) is 0 Å². The molecule has 2 heteroatoms. The summed E-state index contributed by atoms with van der Waals surface area (Å²) in [4.78, 5) is 2.51. The molecule has 0 bridgehead atoms. The van der Waals surface area contributed by atoms with Gasteiger partial charge >= 0.3 is 0 Å². The van der Waals surface area contributed by atoms with Gasteiger partial charge in [0.25, 0.3) is 0 Å². The van der Waals surface area contributed by atoms with Gasteiger partial charge in [0.1, 0.15) is 0 Å². The van der Waals surface area contributed by atoms with Crippen molar-refractivity contribution in [2.24, 2.45) is 11.7 Å². The molecule has 2 N–H and O–H groups in total. The van der Waals surface area contributed by atoms with E-state index in [1.165, 1.54) is 42.4 Å². The number of hydrogen-bond acceptors (Lipinski definition) is 2. The fourth-order valence-electron chi connectivity index (χ4n) is 3.35. The smallest absolute Gasteiger partial charge is 0.0233 e. The molecule has 0 aliphatic heterocycles. The van der Waals surface area contributed by atoms with Crippen molar-refractivity contribution in [2.75, 3.05) is 13.6 Å². The molecular formula is C17H28N2. The van der Waals surface area contributed by atoms with Crippen LogP contribution in [-0.4, -0.2) is 24.5 Å². The van der Waals surface area contributed by atoms with Gasteiger partial charge in [-0.3, -0.25) is 4.90 Å². The zero-order valence-corrected chi connectivity index (χ0v) is 12.7. The Hall–Kier alpha value is -0.860. The average molecular weight is 260 g/mol. The van der Waals surface area contributed by atoms with E-state index >= 15 is 0 Å². The van der Waals surface area contributed by atoms with Gasteiger partial charge < -0.3 is 5.73 Å². The van der Waals surface area contributed by atoms with Gasteiger partial charge in [0.15, 0.2) is 0 Å². The summed E-state index contributed by atoms with van der Waals surface area (Å²) in [6.07, 6.45) is 5.33. The summed E-state index contributed by atoms with van der Waals surface area (Å²) in [7, 11) is 2.26. The highest BCUT2D eigenvalue weighted by molar-refractivity contribution is 5.29. The highest BCUT2D eigenvalue weighted by Crippen LogP contribution is 2.28. The van der Waals surface area contributed by atoms with Crippen LogP contribution in [-0.2, 0) is 6.54 Å². The number of nitrogens with zero attached hydrogens (tertiary/aromatic N) is 1. The average Bonchev–Trinajstić information content (AvgIpc) is 2.43. The number of hydrogen-bond donors (Lipinski definition) is 1. The lowest BCUT2D eigenvalue weighted by atomic mass is 9.83. The minimum absolute atomic E-state index is 0.667. The Kier molecular flexibility index (Phi) is 5.00. The maximum Gasteiger partial charge on any atom is 0.0233 e. The van der Waals surface area contributed by atoms with Gasteiger partial charge in [-0.15, -0.1) is 0 Å². The number of aryl methyl sites for hydroxylation is 2. The second-order valence-electron chi connectivity index (χ2n) is 6.18. The summed E-state index contributed by atoms with van der Waals surface area (Å²) in [6.45, 7) is 6.25. The van der Waals surface area contributed by atoms with Crippen molar-refractivity contribution in [3.8, 4) is 0 Å².